The van der Waals surface area contributed by atoms with E-state index in [2.05, 4.69) is 16.9 Å². The number of nitrogens with one attached hydrogen (secondary N) is 2. The quantitative estimate of drug-likeness (QED) is 0.720. The minimum Gasteiger partial charge on any atom is -0.347 e. The second-order valence-electron chi connectivity index (χ2n) is 4.74. The van der Waals surface area contributed by atoms with Gasteiger partial charge in [0.25, 0.3) is 5.56 Å². The zero-order valence-electron chi connectivity index (χ0n) is 10.7. The van der Waals surface area contributed by atoms with Gasteiger partial charge in [-0.25, -0.2) is 4.79 Å². The lowest BCUT2D eigenvalue weighted by Crippen LogP contribution is -2.46. The molecular formula is C12H17N3O3. The average Bonchev–Trinajstić information content (AvgIpc) is 2.29. The average molecular weight is 251 g/mol. The molecule has 98 valence electrons. The normalized spacial score (nSPS) is 11.1. The maximum atomic E-state index is 11.8. The van der Waals surface area contributed by atoms with Crippen molar-refractivity contribution in [3.8, 4) is 0 Å². The molecule has 0 aliphatic heterocycles. The Hall–Kier alpha value is -2.11. The van der Waals surface area contributed by atoms with Crippen LogP contribution in [0.15, 0.2) is 28.4 Å². The SMILES string of the molecule is C=CC(=O)NC(C)(C)Cc1c[nH]c(=O)n(C)c1=O. The number of nitrogens with zero attached hydrogens (tertiary/aromatic N) is 1. The molecule has 0 atom stereocenters. The maximum absolute atomic E-state index is 11.8. The van der Waals surface area contributed by atoms with Gasteiger partial charge in [0.15, 0.2) is 0 Å². The molecule has 18 heavy (non-hydrogen) atoms. The molecule has 6 nitrogen and oxygen atoms in total. The Balaban J connectivity index is 3.01. The third-order valence-electron chi connectivity index (χ3n) is 2.53. The molecule has 0 radical (unpaired) electrons. The van der Waals surface area contributed by atoms with Crippen molar-refractivity contribution in [2.24, 2.45) is 7.05 Å². The number of hydrogen-bond donors (Lipinski definition) is 2. The first kappa shape index (κ1) is 14.0. The van der Waals surface area contributed by atoms with Crippen molar-refractivity contribution in [1.29, 1.82) is 0 Å². The van der Waals surface area contributed by atoms with E-state index in [1.54, 1.807) is 13.8 Å². The number of carbonyl (C=O) groups excluding carboxylic acids is 1. The molecular weight excluding hydrogens is 234 g/mol. The summed E-state index contributed by atoms with van der Waals surface area (Å²) in [6, 6.07) is 0. The Bertz CT molecular complexity index is 581. The van der Waals surface area contributed by atoms with Crippen LogP contribution in [0.2, 0.25) is 0 Å². The summed E-state index contributed by atoms with van der Waals surface area (Å²) < 4.78 is 1.00. The first-order chi connectivity index (χ1) is 8.26. The van der Waals surface area contributed by atoms with Crippen molar-refractivity contribution in [3.05, 3.63) is 45.3 Å². The van der Waals surface area contributed by atoms with Gasteiger partial charge in [0.05, 0.1) is 0 Å². The molecule has 6 heteroatoms. The van der Waals surface area contributed by atoms with E-state index in [1.165, 1.54) is 19.3 Å². The van der Waals surface area contributed by atoms with Crippen molar-refractivity contribution in [1.82, 2.24) is 14.9 Å². The fourth-order valence-corrected chi connectivity index (χ4v) is 1.65. The smallest absolute Gasteiger partial charge is 0.328 e. The molecule has 1 aromatic heterocycles. The third kappa shape index (κ3) is 3.19. The Morgan fingerprint density at radius 1 is 1.56 bits per heavy atom. The highest BCUT2D eigenvalue weighted by Gasteiger charge is 2.21. The summed E-state index contributed by atoms with van der Waals surface area (Å²) in [5.41, 5.74) is -0.988. The van der Waals surface area contributed by atoms with E-state index in [4.69, 9.17) is 0 Å². The molecule has 1 rings (SSSR count). The van der Waals surface area contributed by atoms with Gasteiger partial charge in [-0.2, -0.15) is 0 Å². The minimum absolute atomic E-state index is 0.304. The van der Waals surface area contributed by atoms with Crippen LogP contribution in [-0.4, -0.2) is 21.0 Å². The van der Waals surface area contributed by atoms with Gasteiger partial charge in [-0.3, -0.25) is 14.2 Å². The van der Waals surface area contributed by atoms with Crippen molar-refractivity contribution in [2.45, 2.75) is 25.8 Å². The van der Waals surface area contributed by atoms with E-state index in [0.717, 1.165) is 4.57 Å². The number of hydrogen-bond acceptors (Lipinski definition) is 3. The monoisotopic (exact) mass is 251 g/mol. The van der Waals surface area contributed by atoms with Gasteiger partial charge in [-0.05, 0) is 19.9 Å². The summed E-state index contributed by atoms with van der Waals surface area (Å²) >= 11 is 0. The van der Waals surface area contributed by atoms with Crippen molar-refractivity contribution < 1.29 is 4.79 Å². The van der Waals surface area contributed by atoms with E-state index >= 15 is 0 Å². The predicted octanol–water partition coefficient (Wildman–Crippen LogP) is -0.303. The molecule has 1 aromatic rings. The number of carbonyl (C=O) groups is 1. The van der Waals surface area contributed by atoms with Crippen molar-refractivity contribution in [2.75, 3.05) is 0 Å². The van der Waals surface area contributed by atoms with Crippen molar-refractivity contribution in [3.63, 3.8) is 0 Å². The van der Waals surface area contributed by atoms with Crippen LogP contribution in [0.25, 0.3) is 0 Å². The van der Waals surface area contributed by atoms with Crippen LogP contribution in [0.5, 0.6) is 0 Å². The summed E-state index contributed by atoms with van der Waals surface area (Å²) in [7, 11) is 1.40. The van der Waals surface area contributed by atoms with Crippen LogP contribution in [0, 0.1) is 0 Å². The topological polar surface area (TPSA) is 84.0 Å². The molecule has 1 heterocycles. The fourth-order valence-electron chi connectivity index (χ4n) is 1.65. The molecule has 0 saturated carbocycles. The van der Waals surface area contributed by atoms with Crippen molar-refractivity contribution >= 4 is 5.91 Å². The van der Waals surface area contributed by atoms with Crippen LogP contribution in [0.1, 0.15) is 19.4 Å². The molecule has 0 spiro atoms. The molecule has 0 unspecified atom stereocenters. The Labute approximate surface area is 104 Å². The lowest BCUT2D eigenvalue weighted by molar-refractivity contribution is -0.117. The lowest BCUT2D eigenvalue weighted by atomic mass is 9.96. The number of amides is 1. The molecule has 0 saturated heterocycles. The van der Waals surface area contributed by atoms with Gasteiger partial charge in [-0.1, -0.05) is 6.58 Å². The summed E-state index contributed by atoms with van der Waals surface area (Å²) in [5.74, 6) is -0.304. The van der Waals surface area contributed by atoms with Gasteiger partial charge in [-0.15, -0.1) is 0 Å². The highest BCUT2D eigenvalue weighted by Crippen LogP contribution is 2.08. The third-order valence-corrected chi connectivity index (χ3v) is 2.53. The zero-order chi connectivity index (χ0) is 13.9. The second-order valence-corrected chi connectivity index (χ2v) is 4.74. The molecule has 2 N–H and O–H groups in total. The summed E-state index contributed by atoms with van der Waals surface area (Å²) in [4.78, 5) is 36.8. The van der Waals surface area contributed by atoms with Crippen LogP contribution in [0.4, 0.5) is 0 Å². The Kier molecular flexibility index (Phi) is 3.90. The Morgan fingerprint density at radius 3 is 2.72 bits per heavy atom. The molecule has 1 amide bonds. The summed E-state index contributed by atoms with van der Waals surface area (Å²) in [5, 5.41) is 2.72. The molecule has 0 aliphatic carbocycles. The van der Waals surface area contributed by atoms with Crippen LogP contribution in [0.3, 0.4) is 0 Å². The lowest BCUT2D eigenvalue weighted by Gasteiger charge is -2.25. The zero-order valence-corrected chi connectivity index (χ0v) is 10.7. The van der Waals surface area contributed by atoms with Gasteiger partial charge in [0.1, 0.15) is 0 Å². The molecule has 0 aliphatic rings. The van der Waals surface area contributed by atoms with Gasteiger partial charge >= 0.3 is 5.69 Å². The van der Waals surface area contributed by atoms with E-state index < -0.39 is 11.2 Å². The highest BCUT2D eigenvalue weighted by molar-refractivity contribution is 5.87. The van der Waals surface area contributed by atoms with Crippen LogP contribution in [-0.2, 0) is 18.3 Å². The standard InChI is InChI=1S/C12H17N3O3/c1-5-9(16)14-12(2,3)6-8-7-13-11(18)15(4)10(8)17/h5,7H,1,6H2,2-4H3,(H,13,18)(H,14,16). The first-order valence-corrected chi connectivity index (χ1v) is 5.49. The maximum Gasteiger partial charge on any atom is 0.328 e. The van der Waals surface area contributed by atoms with E-state index in [9.17, 15) is 14.4 Å². The van der Waals surface area contributed by atoms with E-state index in [-0.39, 0.29) is 11.5 Å². The number of aromatic amines is 1. The van der Waals surface area contributed by atoms with Gasteiger partial charge in [0.2, 0.25) is 5.91 Å². The molecule has 0 bridgehead atoms. The second kappa shape index (κ2) is 5.03. The largest absolute Gasteiger partial charge is 0.347 e. The van der Waals surface area contributed by atoms with Gasteiger partial charge < -0.3 is 10.3 Å². The van der Waals surface area contributed by atoms with Crippen LogP contribution < -0.4 is 16.6 Å². The highest BCUT2D eigenvalue weighted by atomic mass is 16.2. The van der Waals surface area contributed by atoms with E-state index in [1.807, 2.05) is 0 Å². The molecule has 0 fully saturated rings. The molecule has 0 aromatic carbocycles. The predicted molar refractivity (Wildman–Crippen MR) is 68.4 cm³/mol. The van der Waals surface area contributed by atoms with Gasteiger partial charge in [0, 0.05) is 30.8 Å². The minimum atomic E-state index is -0.602. The number of H-pyrrole nitrogens is 1. The fraction of sp³-hybridized carbons (Fsp3) is 0.417. The van der Waals surface area contributed by atoms with E-state index in [0.29, 0.717) is 12.0 Å². The van der Waals surface area contributed by atoms with Crippen LogP contribution >= 0.6 is 0 Å². The summed E-state index contributed by atoms with van der Waals surface area (Å²) in [6.07, 6.45) is 2.87. The number of aromatic nitrogens is 2. The Morgan fingerprint density at radius 2 is 2.17 bits per heavy atom. The summed E-state index contributed by atoms with van der Waals surface area (Å²) in [6.45, 7) is 6.95. The number of rotatable bonds is 4. The first-order valence-electron chi connectivity index (χ1n) is 5.49.